The summed E-state index contributed by atoms with van der Waals surface area (Å²) >= 11 is 0. The van der Waals surface area contributed by atoms with Crippen LogP contribution in [0.4, 0.5) is 0 Å². The summed E-state index contributed by atoms with van der Waals surface area (Å²) in [6.07, 6.45) is 5.60. The summed E-state index contributed by atoms with van der Waals surface area (Å²) in [7, 11) is 0. The molecule has 1 aromatic heterocycles. The van der Waals surface area contributed by atoms with Gasteiger partial charge in [0, 0.05) is 30.4 Å². The van der Waals surface area contributed by atoms with Gasteiger partial charge in [0.15, 0.2) is 17.3 Å². The predicted molar refractivity (Wildman–Crippen MR) is 135 cm³/mol. The van der Waals surface area contributed by atoms with Gasteiger partial charge < -0.3 is 24.6 Å². The third-order valence-corrected chi connectivity index (χ3v) is 6.75. The summed E-state index contributed by atoms with van der Waals surface area (Å²) in [5.41, 5.74) is 5.40. The highest BCUT2D eigenvalue weighted by atomic mass is 16.7. The van der Waals surface area contributed by atoms with Gasteiger partial charge in [0.1, 0.15) is 5.75 Å². The van der Waals surface area contributed by atoms with Crippen LogP contribution < -0.4 is 19.5 Å². The third kappa shape index (κ3) is 5.60. The second-order valence-corrected chi connectivity index (χ2v) is 9.29. The number of hydrogen-bond donors (Lipinski definition) is 2. The summed E-state index contributed by atoms with van der Waals surface area (Å²) in [6, 6.07) is 11.8. The SMILES string of the molecule is Cc1cnc(-c2ccc3c(c2)OCO3)nc1CCNCCCOc1ccc2c(c1)CC[C@H]2CC(=O)O. The lowest BCUT2D eigenvalue weighted by Gasteiger charge is -2.11. The number of rotatable bonds is 11. The summed E-state index contributed by atoms with van der Waals surface area (Å²) in [5, 5.41) is 12.6. The molecule has 3 aromatic rings. The van der Waals surface area contributed by atoms with Crippen LogP contribution in [0.3, 0.4) is 0 Å². The normalized spacial score (nSPS) is 15.6. The van der Waals surface area contributed by atoms with Crippen LogP contribution in [0.2, 0.25) is 0 Å². The third-order valence-electron chi connectivity index (χ3n) is 6.75. The molecule has 2 N–H and O–H groups in total. The zero-order valence-electron chi connectivity index (χ0n) is 20.5. The topological polar surface area (TPSA) is 103 Å². The number of carboxylic acid groups (broad SMARTS) is 1. The molecule has 0 bridgehead atoms. The van der Waals surface area contributed by atoms with Gasteiger partial charge in [-0.2, -0.15) is 0 Å². The van der Waals surface area contributed by atoms with Crippen molar-refractivity contribution >= 4 is 5.97 Å². The maximum Gasteiger partial charge on any atom is 0.303 e. The number of nitrogens with zero attached hydrogens (tertiary/aromatic N) is 2. The standard InChI is InChI=1S/C28H31N3O5/c1-18-16-30-28(21-5-8-25-26(14-21)36-17-35-25)31-24(18)9-11-29-10-2-12-34-22-6-7-23-19(13-22)3-4-20(23)15-27(32)33/h5-8,13-14,16,20,29H,2-4,9-12,15,17H2,1H3,(H,32,33)/t20-/m0/s1. The predicted octanol–water partition coefficient (Wildman–Crippen LogP) is 4.29. The van der Waals surface area contributed by atoms with Crippen LogP contribution in [0.5, 0.6) is 17.2 Å². The molecule has 36 heavy (non-hydrogen) atoms. The van der Waals surface area contributed by atoms with Gasteiger partial charge in [0.2, 0.25) is 6.79 Å². The fourth-order valence-corrected chi connectivity index (χ4v) is 4.82. The van der Waals surface area contributed by atoms with Gasteiger partial charge >= 0.3 is 5.97 Å². The van der Waals surface area contributed by atoms with Crippen molar-refractivity contribution in [2.24, 2.45) is 0 Å². The summed E-state index contributed by atoms with van der Waals surface area (Å²) in [5.74, 6) is 2.41. The molecule has 1 aliphatic heterocycles. The quantitative estimate of drug-likeness (QED) is 0.385. The molecule has 0 spiro atoms. The summed E-state index contributed by atoms with van der Waals surface area (Å²) < 4.78 is 16.8. The van der Waals surface area contributed by atoms with Gasteiger partial charge in [-0.1, -0.05) is 6.07 Å². The second-order valence-electron chi connectivity index (χ2n) is 9.29. The Hall–Kier alpha value is -3.65. The summed E-state index contributed by atoms with van der Waals surface area (Å²) in [6.45, 7) is 4.59. The Morgan fingerprint density at radius 3 is 2.94 bits per heavy atom. The van der Waals surface area contributed by atoms with E-state index in [1.54, 1.807) is 0 Å². The van der Waals surface area contributed by atoms with Crippen LogP contribution in [0.15, 0.2) is 42.6 Å². The van der Waals surface area contributed by atoms with Crippen molar-refractivity contribution in [3.8, 4) is 28.6 Å². The minimum Gasteiger partial charge on any atom is -0.494 e. The minimum atomic E-state index is -0.735. The van der Waals surface area contributed by atoms with Crippen LogP contribution in [0, 0.1) is 6.92 Å². The van der Waals surface area contributed by atoms with E-state index >= 15 is 0 Å². The van der Waals surface area contributed by atoms with Gasteiger partial charge in [0.05, 0.1) is 13.0 Å². The van der Waals surface area contributed by atoms with Crippen molar-refractivity contribution in [3.63, 3.8) is 0 Å². The summed E-state index contributed by atoms with van der Waals surface area (Å²) in [4.78, 5) is 20.3. The molecular weight excluding hydrogens is 458 g/mol. The van der Waals surface area contributed by atoms with Gasteiger partial charge in [-0.3, -0.25) is 4.79 Å². The van der Waals surface area contributed by atoms with E-state index in [1.165, 1.54) is 5.56 Å². The average molecular weight is 490 g/mol. The molecule has 1 atom stereocenters. The number of ether oxygens (including phenoxy) is 3. The molecule has 5 rings (SSSR count). The molecule has 2 heterocycles. The van der Waals surface area contributed by atoms with Gasteiger partial charge in [-0.15, -0.1) is 0 Å². The Kier molecular flexibility index (Phi) is 7.32. The highest BCUT2D eigenvalue weighted by molar-refractivity contribution is 5.68. The van der Waals surface area contributed by atoms with Gasteiger partial charge in [0.25, 0.3) is 0 Å². The van der Waals surface area contributed by atoms with Crippen molar-refractivity contribution in [2.75, 3.05) is 26.5 Å². The van der Waals surface area contributed by atoms with E-state index in [-0.39, 0.29) is 19.1 Å². The lowest BCUT2D eigenvalue weighted by Crippen LogP contribution is -2.21. The molecule has 0 unspecified atom stereocenters. The van der Waals surface area contributed by atoms with Crippen LogP contribution in [0.1, 0.15) is 47.6 Å². The van der Waals surface area contributed by atoms with Crippen molar-refractivity contribution in [1.82, 2.24) is 15.3 Å². The Labute approximate surface area is 210 Å². The van der Waals surface area contributed by atoms with E-state index < -0.39 is 5.97 Å². The molecular formula is C28H31N3O5. The van der Waals surface area contributed by atoms with Crippen molar-refractivity contribution in [3.05, 3.63) is 65.0 Å². The zero-order chi connectivity index (χ0) is 24.9. The first-order valence-electron chi connectivity index (χ1n) is 12.5. The molecule has 0 saturated heterocycles. The Balaban J connectivity index is 1.05. The zero-order valence-corrected chi connectivity index (χ0v) is 20.5. The first-order chi connectivity index (χ1) is 17.6. The maximum absolute atomic E-state index is 11.0. The molecule has 0 saturated carbocycles. The first-order valence-corrected chi connectivity index (χ1v) is 12.5. The van der Waals surface area contributed by atoms with E-state index in [4.69, 9.17) is 24.3 Å². The van der Waals surface area contributed by atoms with E-state index in [1.807, 2.05) is 43.5 Å². The van der Waals surface area contributed by atoms with Crippen LogP contribution >= 0.6 is 0 Å². The van der Waals surface area contributed by atoms with Gasteiger partial charge in [-0.25, -0.2) is 9.97 Å². The van der Waals surface area contributed by atoms with Crippen molar-refractivity contribution < 1.29 is 24.1 Å². The van der Waals surface area contributed by atoms with Crippen LogP contribution in [0.25, 0.3) is 11.4 Å². The Morgan fingerprint density at radius 2 is 2.06 bits per heavy atom. The van der Waals surface area contributed by atoms with Gasteiger partial charge in [-0.05, 0) is 85.7 Å². The van der Waals surface area contributed by atoms with E-state index in [2.05, 4.69) is 16.4 Å². The molecule has 2 aromatic carbocycles. The van der Waals surface area contributed by atoms with Crippen molar-refractivity contribution in [1.29, 1.82) is 0 Å². The number of carboxylic acids is 1. The number of carbonyl (C=O) groups is 1. The first kappa shape index (κ1) is 24.1. The Bertz CT molecular complexity index is 1250. The molecule has 1 aliphatic carbocycles. The molecule has 0 fully saturated rings. The lowest BCUT2D eigenvalue weighted by molar-refractivity contribution is -0.137. The largest absolute Gasteiger partial charge is 0.494 e. The lowest BCUT2D eigenvalue weighted by atomic mass is 9.98. The number of aryl methyl sites for hydroxylation is 2. The number of hydrogen-bond acceptors (Lipinski definition) is 7. The Morgan fingerprint density at radius 1 is 1.17 bits per heavy atom. The highest BCUT2D eigenvalue weighted by Gasteiger charge is 2.24. The monoisotopic (exact) mass is 489 g/mol. The fraction of sp³-hybridized carbons (Fsp3) is 0.393. The fourth-order valence-electron chi connectivity index (χ4n) is 4.82. The number of fused-ring (bicyclic) bond motifs is 2. The number of benzene rings is 2. The number of nitrogens with one attached hydrogen (secondary N) is 1. The molecule has 8 nitrogen and oxygen atoms in total. The van der Waals surface area contributed by atoms with E-state index in [9.17, 15) is 4.79 Å². The molecule has 0 radical (unpaired) electrons. The molecule has 188 valence electrons. The van der Waals surface area contributed by atoms with Crippen molar-refractivity contribution in [2.45, 2.75) is 44.9 Å². The van der Waals surface area contributed by atoms with Crippen LogP contribution in [-0.2, 0) is 17.6 Å². The number of aliphatic carboxylic acids is 1. The smallest absolute Gasteiger partial charge is 0.303 e. The molecule has 2 aliphatic rings. The van der Waals surface area contributed by atoms with Crippen LogP contribution in [-0.4, -0.2) is 47.5 Å². The van der Waals surface area contributed by atoms with E-state index in [0.29, 0.717) is 12.4 Å². The second kappa shape index (κ2) is 11.0. The average Bonchev–Trinajstić information content (AvgIpc) is 3.50. The maximum atomic E-state index is 11.0. The minimum absolute atomic E-state index is 0.127. The van der Waals surface area contributed by atoms with E-state index in [0.717, 1.165) is 78.4 Å². The molecule has 8 heteroatoms. The molecule has 0 amide bonds. The highest BCUT2D eigenvalue weighted by Crippen LogP contribution is 2.37. The number of aromatic nitrogens is 2.